The molecule has 0 nitrogen and oxygen atoms in total. The molecule has 0 aliphatic heterocycles. The van der Waals surface area contributed by atoms with Gasteiger partial charge in [-0.05, 0) is 32.3 Å². The molecule has 14 heavy (non-hydrogen) atoms. The molecule has 1 aromatic rings. The lowest BCUT2D eigenvalue weighted by Gasteiger charge is -2.04. The second-order valence-electron chi connectivity index (χ2n) is 3.65. The minimum Gasteiger partial charge on any atom is -0.0988 e. The summed E-state index contributed by atoms with van der Waals surface area (Å²) in [6, 6.07) is 10.6. The second-order valence-corrected chi connectivity index (χ2v) is 3.65. The van der Waals surface area contributed by atoms with Crippen LogP contribution < -0.4 is 0 Å². The number of aryl methyl sites for hydroxylation is 1. The minimum atomic E-state index is 1.12. The zero-order valence-corrected chi connectivity index (χ0v) is 9.09. The third kappa shape index (κ3) is 3.21. The molecule has 0 saturated carbocycles. The maximum atomic E-state index is 3.78. The Bertz CT molecular complexity index is 317. The van der Waals surface area contributed by atoms with Crippen molar-refractivity contribution in [1.82, 2.24) is 0 Å². The van der Waals surface area contributed by atoms with Gasteiger partial charge in [0.1, 0.15) is 0 Å². The van der Waals surface area contributed by atoms with E-state index in [0.717, 1.165) is 12.8 Å². The van der Waals surface area contributed by atoms with Crippen LogP contribution in [0.1, 0.15) is 25.8 Å². The van der Waals surface area contributed by atoms with Crippen molar-refractivity contribution in [1.29, 1.82) is 0 Å². The molecule has 0 atom stereocenters. The number of allylic oxidation sites excluding steroid dienone is 3. The van der Waals surface area contributed by atoms with Crippen molar-refractivity contribution in [2.75, 3.05) is 0 Å². The standard InChI is InChI=1S/C14H18/c1-4-12(2)13(3)10-11-14-8-6-5-7-9-14/h4-9H,1,10-11H2,2-3H3/b13-12+. The maximum absolute atomic E-state index is 3.78. The lowest BCUT2D eigenvalue weighted by atomic mass is 10.0. The first-order valence-corrected chi connectivity index (χ1v) is 5.06. The Morgan fingerprint density at radius 2 is 1.86 bits per heavy atom. The van der Waals surface area contributed by atoms with Crippen LogP contribution >= 0.6 is 0 Å². The van der Waals surface area contributed by atoms with Gasteiger partial charge in [-0.3, -0.25) is 0 Å². The molecule has 0 heteroatoms. The zero-order chi connectivity index (χ0) is 10.4. The monoisotopic (exact) mass is 186 g/mol. The molecular formula is C14H18. The molecule has 0 N–H and O–H groups in total. The molecule has 0 heterocycles. The Kier molecular flexibility index (Phi) is 4.18. The molecule has 0 aliphatic carbocycles. The van der Waals surface area contributed by atoms with Gasteiger partial charge in [0.25, 0.3) is 0 Å². The van der Waals surface area contributed by atoms with E-state index in [1.807, 2.05) is 6.08 Å². The normalized spacial score (nSPS) is 12.1. The third-order valence-electron chi connectivity index (χ3n) is 2.61. The molecule has 0 amide bonds. The van der Waals surface area contributed by atoms with Gasteiger partial charge in [-0.25, -0.2) is 0 Å². The summed E-state index contributed by atoms with van der Waals surface area (Å²) in [5, 5.41) is 0. The zero-order valence-electron chi connectivity index (χ0n) is 9.09. The lowest BCUT2D eigenvalue weighted by molar-refractivity contribution is 0.929. The van der Waals surface area contributed by atoms with Crippen molar-refractivity contribution >= 4 is 0 Å². The van der Waals surface area contributed by atoms with E-state index in [-0.39, 0.29) is 0 Å². The van der Waals surface area contributed by atoms with Crippen molar-refractivity contribution in [2.45, 2.75) is 26.7 Å². The first kappa shape index (κ1) is 10.8. The number of benzene rings is 1. The third-order valence-corrected chi connectivity index (χ3v) is 2.61. The predicted molar refractivity (Wildman–Crippen MR) is 63.3 cm³/mol. The Morgan fingerprint density at radius 3 is 2.43 bits per heavy atom. The van der Waals surface area contributed by atoms with Crippen LogP contribution in [0.15, 0.2) is 54.1 Å². The summed E-state index contributed by atoms with van der Waals surface area (Å²) < 4.78 is 0. The van der Waals surface area contributed by atoms with Gasteiger partial charge in [0.15, 0.2) is 0 Å². The number of hydrogen-bond acceptors (Lipinski definition) is 0. The highest BCUT2D eigenvalue weighted by atomic mass is 14.0. The van der Waals surface area contributed by atoms with Crippen molar-refractivity contribution in [2.24, 2.45) is 0 Å². The second kappa shape index (κ2) is 5.43. The average molecular weight is 186 g/mol. The molecule has 0 unspecified atom stereocenters. The highest BCUT2D eigenvalue weighted by Gasteiger charge is 1.95. The first-order valence-electron chi connectivity index (χ1n) is 5.06. The molecule has 1 rings (SSSR count). The quantitative estimate of drug-likeness (QED) is 0.620. The van der Waals surface area contributed by atoms with E-state index in [4.69, 9.17) is 0 Å². The van der Waals surface area contributed by atoms with Crippen LogP contribution in [0.2, 0.25) is 0 Å². The van der Waals surface area contributed by atoms with Gasteiger partial charge in [-0.15, -0.1) is 0 Å². The van der Waals surface area contributed by atoms with Gasteiger partial charge in [0.2, 0.25) is 0 Å². The fraction of sp³-hybridized carbons (Fsp3) is 0.286. The SMILES string of the molecule is C=C/C(C)=C(\C)CCc1ccccc1. The summed E-state index contributed by atoms with van der Waals surface area (Å²) in [5.41, 5.74) is 4.15. The van der Waals surface area contributed by atoms with Gasteiger partial charge >= 0.3 is 0 Å². The van der Waals surface area contributed by atoms with Crippen molar-refractivity contribution in [3.8, 4) is 0 Å². The van der Waals surface area contributed by atoms with Gasteiger partial charge in [0, 0.05) is 0 Å². The largest absolute Gasteiger partial charge is 0.0988 e. The fourth-order valence-corrected chi connectivity index (χ4v) is 1.35. The average Bonchev–Trinajstić information content (AvgIpc) is 2.26. The van der Waals surface area contributed by atoms with Crippen LogP contribution in [-0.2, 0) is 6.42 Å². The Labute approximate surface area is 87.0 Å². The van der Waals surface area contributed by atoms with Crippen LogP contribution in [0, 0.1) is 0 Å². The molecule has 0 saturated heterocycles. The van der Waals surface area contributed by atoms with Gasteiger partial charge < -0.3 is 0 Å². The molecule has 0 aliphatic rings. The summed E-state index contributed by atoms with van der Waals surface area (Å²) >= 11 is 0. The van der Waals surface area contributed by atoms with Crippen molar-refractivity contribution in [3.05, 3.63) is 59.7 Å². The smallest absolute Gasteiger partial charge is 0.0241 e. The van der Waals surface area contributed by atoms with Crippen LogP contribution in [0.25, 0.3) is 0 Å². The number of rotatable bonds is 4. The van der Waals surface area contributed by atoms with Crippen LogP contribution in [-0.4, -0.2) is 0 Å². The van der Waals surface area contributed by atoms with E-state index < -0.39 is 0 Å². The van der Waals surface area contributed by atoms with E-state index in [1.165, 1.54) is 16.7 Å². The molecule has 0 spiro atoms. The Hall–Kier alpha value is -1.30. The Balaban J connectivity index is 2.54. The van der Waals surface area contributed by atoms with Crippen LogP contribution in [0.4, 0.5) is 0 Å². The van der Waals surface area contributed by atoms with E-state index in [2.05, 4.69) is 50.8 Å². The van der Waals surface area contributed by atoms with Crippen LogP contribution in [0.3, 0.4) is 0 Å². The molecule has 0 bridgehead atoms. The van der Waals surface area contributed by atoms with E-state index >= 15 is 0 Å². The van der Waals surface area contributed by atoms with Crippen molar-refractivity contribution in [3.63, 3.8) is 0 Å². The van der Waals surface area contributed by atoms with Crippen LogP contribution in [0.5, 0.6) is 0 Å². The fourth-order valence-electron chi connectivity index (χ4n) is 1.35. The lowest BCUT2D eigenvalue weighted by Crippen LogP contribution is -1.88. The predicted octanol–water partition coefficient (Wildman–Crippen LogP) is 4.14. The van der Waals surface area contributed by atoms with E-state index in [1.54, 1.807) is 0 Å². The summed E-state index contributed by atoms with van der Waals surface area (Å²) in [5.74, 6) is 0. The van der Waals surface area contributed by atoms with Crippen molar-refractivity contribution < 1.29 is 0 Å². The minimum absolute atomic E-state index is 1.12. The Morgan fingerprint density at radius 1 is 1.21 bits per heavy atom. The summed E-state index contributed by atoms with van der Waals surface area (Å²) in [7, 11) is 0. The highest BCUT2D eigenvalue weighted by molar-refractivity contribution is 5.22. The summed E-state index contributed by atoms with van der Waals surface area (Å²) in [6.45, 7) is 8.08. The molecule has 74 valence electrons. The topological polar surface area (TPSA) is 0 Å². The number of hydrogen-bond donors (Lipinski definition) is 0. The van der Waals surface area contributed by atoms with Gasteiger partial charge in [-0.1, -0.05) is 54.1 Å². The molecule has 1 aromatic carbocycles. The summed E-state index contributed by atoms with van der Waals surface area (Å²) in [4.78, 5) is 0. The molecule has 0 aromatic heterocycles. The summed E-state index contributed by atoms with van der Waals surface area (Å²) in [6.07, 6.45) is 4.18. The van der Waals surface area contributed by atoms with E-state index in [9.17, 15) is 0 Å². The maximum Gasteiger partial charge on any atom is -0.0241 e. The molecule has 0 fully saturated rings. The van der Waals surface area contributed by atoms with Gasteiger partial charge in [-0.2, -0.15) is 0 Å². The molecular weight excluding hydrogens is 168 g/mol. The highest BCUT2D eigenvalue weighted by Crippen LogP contribution is 2.12. The molecule has 0 radical (unpaired) electrons. The van der Waals surface area contributed by atoms with E-state index in [0.29, 0.717) is 0 Å². The van der Waals surface area contributed by atoms with Gasteiger partial charge in [0.05, 0.1) is 0 Å². The first-order chi connectivity index (χ1) is 6.74.